The van der Waals surface area contributed by atoms with E-state index in [1.165, 1.54) is 13.3 Å². The third-order valence-corrected chi connectivity index (χ3v) is 2.67. The van der Waals surface area contributed by atoms with Crippen LogP contribution in [-0.4, -0.2) is 13.1 Å². The summed E-state index contributed by atoms with van der Waals surface area (Å²) >= 11 is 11.7. The van der Waals surface area contributed by atoms with E-state index in [0.717, 1.165) is 5.56 Å². The van der Waals surface area contributed by atoms with Crippen molar-refractivity contribution >= 4 is 29.2 Å². The van der Waals surface area contributed by atoms with E-state index >= 15 is 0 Å². The maximum absolute atomic E-state index is 11.1. The minimum atomic E-state index is -0.688. The lowest BCUT2D eigenvalue weighted by Crippen LogP contribution is -2.11. The normalized spacial score (nSPS) is 10.7. The molecule has 6 heteroatoms. The van der Waals surface area contributed by atoms with E-state index in [2.05, 4.69) is 10.1 Å². The molecular formula is C12H10Cl2N2O2. The molecule has 0 heterocycles. The summed E-state index contributed by atoms with van der Waals surface area (Å²) in [5.41, 5.74) is 0.696. The van der Waals surface area contributed by atoms with Crippen LogP contribution in [-0.2, 0) is 16.1 Å². The summed E-state index contributed by atoms with van der Waals surface area (Å²) in [4.78, 5) is 11.1. The summed E-state index contributed by atoms with van der Waals surface area (Å²) in [5.74, 6) is -0.688. The molecule has 0 unspecified atom stereocenters. The number of methoxy groups -OCH3 is 1. The first-order valence-corrected chi connectivity index (χ1v) is 5.70. The van der Waals surface area contributed by atoms with Gasteiger partial charge in [0, 0.05) is 22.8 Å². The monoisotopic (exact) mass is 284 g/mol. The third kappa shape index (κ3) is 3.95. The van der Waals surface area contributed by atoms with Crippen LogP contribution in [0.25, 0.3) is 0 Å². The van der Waals surface area contributed by atoms with Gasteiger partial charge in [0.15, 0.2) is 5.57 Å². The number of carbonyl (C=O) groups excluding carboxylic acids is 1. The van der Waals surface area contributed by atoms with Crippen LogP contribution in [0.4, 0.5) is 0 Å². The number of halogens is 2. The highest BCUT2D eigenvalue weighted by Gasteiger charge is 2.07. The van der Waals surface area contributed by atoms with Crippen LogP contribution in [0.15, 0.2) is 30.0 Å². The summed E-state index contributed by atoms with van der Waals surface area (Å²) in [6.45, 7) is 0.373. The molecule has 1 N–H and O–H groups in total. The number of nitrogens with one attached hydrogen (secondary N) is 1. The molecule has 0 aliphatic carbocycles. The van der Waals surface area contributed by atoms with E-state index in [0.29, 0.717) is 16.6 Å². The number of nitriles is 1. The first-order chi connectivity index (χ1) is 8.58. The Morgan fingerprint density at radius 1 is 1.56 bits per heavy atom. The smallest absolute Gasteiger partial charge is 0.350 e. The maximum Gasteiger partial charge on any atom is 0.350 e. The minimum absolute atomic E-state index is 0.109. The Morgan fingerprint density at radius 2 is 2.28 bits per heavy atom. The second-order valence-electron chi connectivity index (χ2n) is 3.28. The summed E-state index contributed by atoms with van der Waals surface area (Å²) < 4.78 is 4.43. The summed E-state index contributed by atoms with van der Waals surface area (Å²) in [6, 6.07) is 6.82. The standard InChI is InChI=1S/C12H10Cl2N2O2/c1-18-12(17)9(5-15)7-16-6-8-2-3-10(13)4-11(8)14/h2-4,7,16H,6H2,1H3/b9-7-. The predicted octanol–water partition coefficient (Wildman–Crippen LogP) is 2.66. The van der Waals surface area contributed by atoms with Crippen molar-refractivity contribution in [3.05, 3.63) is 45.6 Å². The second-order valence-corrected chi connectivity index (χ2v) is 4.12. The molecule has 0 atom stereocenters. The van der Waals surface area contributed by atoms with Crippen molar-refractivity contribution in [3.63, 3.8) is 0 Å². The molecule has 0 fully saturated rings. The molecule has 94 valence electrons. The van der Waals surface area contributed by atoms with Crippen LogP contribution in [0.1, 0.15) is 5.56 Å². The molecule has 1 aromatic carbocycles. The summed E-state index contributed by atoms with van der Waals surface area (Å²) in [6.07, 6.45) is 1.29. The van der Waals surface area contributed by atoms with Crippen LogP contribution in [0.3, 0.4) is 0 Å². The Labute approximate surface area is 115 Å². The van der Waals surface area contributed by atoms with Crippen molar-refractivity contribution < 1.29 is 9.53 Å². The van der Waals surface area contributed by atoms with Gasteiger partial charge in [0.2, 0.25) is 0 Å². The molecule has 0 amide bonds. The van der Waals surface area contributed by atoms with Crippen LogP contribution < -0.4 is 5.32 Å². The molecular weight excluding hydrogens is 275 g/mol. The van der Waals surface area contributed by atoms with Gasteiger partial charge in [-0.05, 0) is 17.7 Å². The van der Waals surface area contributed by atoms with Gasteiger partial charge in [0.25, 0.3) is 0 Å². The van der Waals surface area contributed by atoms with Gasteiger partial charge in [-0.1, -0.05) is 29.3 Å². The van der Waals surface area contributed by atoms with E-state index in [4.69, 9.17) is 28.5 Å². The summed E-state index contributed by atoms with van der Waals surface area (Å²) in [7, 11) is 1.21. The average Bonchev–Trinajstić information content (AvgIpc) is 2.36. The van der Waals surface area contributed by atoms with Crippen LogP contribution >= 0.6 is 23.2 Å². The van der Waals surface area contributed by atoms with Crippen molar-refractivity contribution in [1.82, 2.24) is 5.32 Å². The van der Waals surface area contributed by atoms with Gasteiger partial charge in [-0.25, -0.2) is 4.79 Å². The second kappa shape index (κ2) is 6.90. The molecule has 0 aliphatic rings. The Hall–Kier alpha value is -1.70. The van der Waals surface area contributed by atoms with Crippen molar-refractivity contribution in [1.29, 1.82) is 5.26 Å². The average molecular weight is 285 g/mol. The van der Waals surface area contributed by atoms with Crippen molar-refractivity contribution in [2.45, 2.75) is 6.54 Å². The fourth-order valence-corrected chi connectivity index (χ4v) is 1.65. The Balaban J connectivity index is 2.68. The minimum Gasteiger partial charge on any atom is -0.465 e. The van der Waals surface area contributed by atoms with Crippen molar-refractivity contribution in [2.24, 2.45) is 0 Å². The SMILES string of the molecule is COC(=O)/C(C#N)=C\NCc1ccc(Cl)cc1Cl. The van der Waals surface area contributed by atoms with Crippen LogP contribution in [0, 0.1) is 11.3 Å². The van der Waals surface area contributed by atoms with E-state index in [1.54, 1.807) is 24.3 Å². The molecule has 0 saturated carbocycles. The molecule has 18 heavy (non-hydrogen) atoms. The molecule has 1 aromatic rings. The zero-order chi connectivity index (χ0) is 13.5. The van der Waals surface area contributed by atoms with Gasteiger partial charge in [-0.2, -0.15) is 5.26 Å². The number of esters is 1. The Bertz CT molecular complexity index is 521. The van der Waals surface area contributed by atoms with Gasteiger partial charge in [-0.15, -0.1) is 0 Å². The number of nitrogens with zero attached hydrogens (tertiary/aromatic N) is 1. The van der Waals surface area contributed by atoms with E-state index in [1.807, 2.05) is 0 Å². The van der Waals surface area contributed by atoms with Gasteiger partial charge in [0.1, 0.15) is 6.07 Å². The molecule has 0 saturated heterocycles. The first kappa shape index (κ1) is 14.4. The van der Waals surface area contributed by atoms with Gasteiger partial charge >= 0.3 is 5.97 Å². The van der Waals surface area contributed by atoms with Crippen LogP contribution in [0.5, 0.6) is 0 Å². The Kier molecular flexibility index (Phi) is 5.50. The molecule has 0 bridgehead atoms. The van der Waals surface area contributed by atoms with Gasteiger partial charge in [0.05, 0.1) is 7.11 Å². The molecule has 0 aromatic heterocycles. The number of hydrogen-bond donors (Lipinski definition) is 1. The highest BCUT2D eigenvalue weighted by atomic mass is 35.5. The molecule has 0 aliphatic heterocycles. The van der Waals surface area contributed by atoms with E-state index < -0.39 is 5.97 Å². The third-order valence-electron chi connectivity index (χ3n) is 2.08. The number of ether oxygens (including phenoxy) is 1. The quantitative estimate of drug-likeness (QED) is 0.525. The highest BCUT2D eigenvalue weighted by Crippen LogP contribution is 2.20. The van der Waals surface area contributed by atoms with Gasteiger partial charge < -0.3 is 10.1 Å². The molecule has 0 spiro atoms. The predicted molar refractivity (Wildman–Crippen MR) is 69.0 cm³/mol. The topological polar surface area (TPSA) is 62.1 Å². The van der Waals surface area contributed by atoms with E-state index in [-0.39, 0.29) is 5.57 Å². The molecule has 4 nitrogen and oxygen atoms in total. The van der Waals surface area contributed by atoms with Gasteiger partial charge in [-0.3, -0.25) is 0 Å². The maximum atomic E-state index is 11.1. The highest BCUT2D eigenvalue weighted by molar-refractivity contribution is 6.35. The number of carbonyl (C=O) groups is 1. The lowest BCUT2D eigenvalue weighted by molar-refractivity contribution is -0.135. The fourth-order valence-electron chi connectivity index (χ4n) is 1.17. The zero-order valence-electron chi connectivity index (χ0n) is 9.54. The first-order valence-electron chi connectivity index (χ1n) is 4.94. The van der Waals surface area contributed by atoms with E-state index in [9.17, 15) is 4.79 Å². The largest absolute Gasteiger partial charge is 0.465 e. The molecule has 0 radical (unpaired) electrons. The van der Waals surface area contributed by atoms with Crippen molar-refractivity contribution in [2.75, 3.05) is 7.11 Å². The summed E-state index contributed by atoms with van der Waals surface area (Å²) in [5, 5.41) is 12.6. The zero-order valence-corrected chi connectivity index (χ0v) is 11.0. The lowest BCUT2D eigenvalue weighted by atomic mass is 10.2. The number of benzene rings is 1. The number of rotatable bonds is 4. The fraction of sp³-hybridized carbons (Fsp3) is 0.167. The number of hydrogen-bond acceptors (Lipinski definition) is 4. The molecule has 1 rings (SSSR count). The van der Waals surface area contributed by atoms with Crippen LogP contribution in [0.2, 0.25) is 10.0 Å². The lowest BCUT2D eigenvalue weighted by Gasteiger charge is -2.05. The van der Waals surface area contributed by atoms with Crippen molar-refractivity contribution in [3.8, 4) is 6.07 Å². The Morgan fingerprint density at radius 3 is 2.83 bits per heavy atom.